The van der Waals surface area contributed by atoms with Crippen LogP contribution in [0, 0.1) is 0 Å². The summed E-state index contributed by atoms with van der Waals surface area (Å²) in [7, 11) is 0. The summed E-state index contributed by atoms with van der Waals surface area (Å²) in [6.07, 6.45) is -3.06. The number of primary amides is 1. The molecule has 5 N–H and O–H groups in total. The zero-order valence-electron chi connectivity index (χ0n) is 16.6. The van der Waals surface area contributed by atoms with Crippen molar-refractivity contribution in [3.8, 4) is 5.75 Å². The maximum Gasteiger partial charge on any atom is 0.254 e. The minimum atomic E-state index is -2.07. The van der Waals surface area contributed by atoms with E-state index in [1.807, 2.05) is 37.3 Å². The summed E-state index contributed by atoms with van der Waals surface area (Å²) in [5, 5.41) is 30.7. The highest BCUT2D eigenvalue weighted by Gasteiger charge is 2.53. The third kappa shape index (κ3) is 4.45. The number of carbonyl (C=O) groups excluding carboxylic acids is 1. The summed E-state index contributed by atoms with van der Waals surface area (Å²) in [4.78, 5) is 11.9. The average Bonchev–Trinajstić information content (AvgIpc) is 2.73. The summed E-state index contributed by atoms with van der Waals surface area (Å²) < 4.78 is 11.2. The first kappa shape index (κ1) is 22.5. The van der Waals surface area contributed by atoms with Crippen LogP contribution in [0.1, 0.15) is 36.1 Å². The summed E-state index contributed by atoms with van der Waals surface area (Å²) in [6.45, 7) is 1.67. The van der Waals surface area contributed by atoms with Crippen molar-refractivity contribution >= 4 is 17.5 Å². The molecule has 1 aliphatic rings. The Labute approximate surface area is 180 Å². The second-order valence-corrected chi connectivity index (χ2v) is 7.78. The van der Waals surface area contributed by atoms with E-state index in [1.165, 1.54) is 0 Å². The molecule has 2 unspecified atom stereocenters. The molecule has 162 valence electrons. The molecule has 1 fully saturated rings. The summed E-state index contributed by atoms with van der Waals surface area (Å²) in [6, 6.07) is 13.0. The molecule has 0 bridgehead atoms. The summed E-state index contributed by atoms with van der Waals surface area (Å²) >= 11 is 6.38. The van der Waals surface area contributed by atoms with Gasteiger partial charge in [-0.1, -0.05) is 35.9 Å². The third-order valence-corrected chi connectivity index (χ3v) is 5.74. The van der Waals surface area contributed by atoms with Crippen LogP contribution >= 0.6 is 11.6 Å². The van der Waals surface area contributed by atoms with E-state index >= 15 is 0 Å². The number of aliphatic hydroxyl groups is 3. The van der Waals surface area contributed by atoms with Crippen LogP contribution in [0.2, 0.25) is 5.02 Å². The van der Waals surface area contributed by atoms with Crippen molar-refractivity contribution in [1.29, 1.82) is 0 Å². The first-order valence-electron chi connectivity index (χ1n) is 9.75. The fraction of sp³-hybridized carbons (Fsp3) is 0.409. The smallest absolute Gasteiger partial charge is 0.254 e. The fourth-order valence-corrected chi connectivity index (χ4v) is 3.85. The van der Waals surface area contributed by atoms with E-state index in [0.717, 1.165) is 16.9 Å². The number of aliphatic hydroxyl groups excluding tert-OH is 3. The molecule has 0 aliphatic carbocycles. The van der Waals surface area contributed by atoms with E-state index in [9.17, 15) is 20.1 Å². The molecule has 7 nitrogen and oxygen atoms in total. The zero-order chi connectivity index (χ0) is 21.9. The molecule has 4 atom stereocenters. The zero-order valence-corrected chi connectivity index (χ0v) is 17.4. The molecule has 0 radical (unpaired) electrons. The Morgan fingerprint density at radius 3 is 2.57 bits per heavy atom. The standard InChI is InChI=1S/C22H26ClNO6/c1-2-29-16-6-3-13(4-7-16)9-15-10-14(5-8-17(15)23)19-11-18(26)20(27)22(12-25,30-19)21(24)28/h3-8,10,18-20,25-27H,2,9,11-12H2,1H3,(H2,24,28)/t18?,19?,20-,22+/m0/s1. The van der Waals surface area contributed by atoms with Crippen LogP contribution in [-0.4, -0.2) is 52.2 Å². The number of ether oxygens (including phenoxy) is 2. The van der Waals surface area contributed by atoms with Crippen LogP contribution in [0.4, 0.5) is 0 Å². The molecule has 0 aromatic heterocycles. The van der Waals surface area contributed by atoms with E-state index in [2.05, 4.69) is 0 Å². The number of halogens is 1. The van der Waals surface area contributed by atoms with Crippen LogP contribution in [0.25, 0.3) is 0 Å². The van der Waals surface area contributed by atoms with E-state index in [0.29, 0.717) is 23.6 Å². The Kier molecular flexibility index (Phi) is 7.00. The van der Waals surface area contributed by atoms with Crippen molar-refractivity contribution in [3.05, 3.63) is 64.2 Å². The molecular weight excluding hydrogens is 410 g/mol. The van der Waals surface area contributed by atoms with Gasteiger partial charge >= 0.3 is 0 Å². The van der Waals surface area contributed by atoms with Crippen molar-refractivity contribution in [2.24, 2.45) is 5.73 Å². The van der Waals surface area contributed by atoms with Crippen LogP contribution in [0.5, 0.6) is 5.75 Å². The number of benzene rings is 2. The van der Waals surface area contributed by atoms with Gasteiger partial charge in [0.15, 0.2) is 5.60 Å². The molecule has 3 rings (SSSR count). The predicted octanol–water partition coefficient (Wildman–Crippen LogP) is 1.73. The van der Waals surface area contributed by atoms with E-state index in [1.54, 1.807) is 12.1 Å². The van der Waals surface area contributed by atoms with E-state index in [-0.39, 0.29) is 6.42 Å². The SMILES string of the molecule is CCOc1ccc(Cc2cc(C3CC(O)[C@H](O)[C@](CO)(C(N)=O)O3)ccc2Cl)cc1. The van der Waals surface area contributed by atoms with Gasteiger partial charge in [0.1, 0.15) is 11.9 Å². The molecule has 8 heteroatoms. The molecule has 0 saturated carbocycles. The monoisotopic (exact) mass is 435 g/mol. The van der Waals surface area contributed by atoms with Crippen LogP contribution in [0.15, 0.2) is 42.5 Å². The molecule has 1 heterocycles. The Balaban J connectivity index is 1.86. The number of rotatable bonds is 7. The van der Waals surface area contributed by atoms with Gasteiger partial charge in [0.2, 0.25) is 0 Å². The summed E-state index contributed by atoms with van der Waals surface area (Å²) in [5.74, 6) is -0.249. The van der Waals surface area contributed by atoms with Gasteiger partial charge in [-0.2, -0.15) is 0 Å². The first-order valence-corrected chi connectivity index (χ1v) is 10.1. The molecule has 2 aromatic carbocycles. The quantitative estimate of drug-likeness (QED) is 0.525. The van der Waals surface area contributed by atoms with Crippen LogP contribution in [-0.2, 0) is 16.0 Å². The number of carbonyl (C=O) groups is 1. The van der Waals surface area contributed by atoms with Gasteiger partial charge in [-0.15, -0.1) is 0 Å². The lowest BCUT2D eigenvalue weighted by Crippen LogP contribution is -2.64. The average molecular weight is 436 g/mol. The number of hydrogen-bond donors (Lipinski definition) is 4. The van der Waals surface area contributed by atoms with Gasteiger partial charge in [0, 0.05) is 11.4 Å². The van der Waals surface area contributed by atoms with Gasteiger partial charge in [0.25, 0.3) is 5.91 Å². The van der Waals surface area contributed by atoms with Crippen molar-refractivity contribution in [3.63, 3.8) is 0 Å². The molecule has 0 spiro atoms. The lowest BCUT2D eigenvalue weighted by Gasteiger charge is -2.44. The summed E-state index contributed by atoms with van der Waals surface area (Å²) in [5.41, 5.74) is 5.81. The van der Waals surface area contributed by atoms with E-state index in [4.69, 9.17) is 26.8 Å². The van der Waals surface area contributed by atoms with Gasteiger partial charge in [-0.25, -0.2) is 0 Å². The van der Waals surface area contributed by atoms with Gasteiger partial charge in [0.05, 0.1) is 25.4 Å². The maximum atomic E-state index is 11.9. The fourth-order valence-electron chi connectivity index (χ4n) is 3.67. The lowest BCUT2D eigenvalue weighted by atomic mass is 9.84. The maximum absolute atomic E-state index is 11.9. The second-order valence-electron chi connectivity index (χ2n) is 7.37. The molecule has 2 aromatic rings. The van der Waals surface area contributed by atoms with Crippen LogP contribution < -0.4 is 10.5 Å². The van der Waals surface area contributed by atoms with Crippen molar-refractivity contribution in [2.45, 2.75) is 43.7 Å². The van der Waals surface area contributed by atoms with Crippen molar-refractivity contribution < 1.29 is 29.6 Å². The Morgan fingerprint density at radius 1 is 1.27 bits per heavy atom. The van der Waals surface area contributed by atoms with Gasteiger partial charge in [-0.05, 0) is 48.2 Å². The third-order valence-electron chi connectivity index (χ3n) is 5.37. The highest BCUT2D eigenvalue weighted by atomic mass is 35.5. The molecule has 1 saturated heterocycles. The van der Waals surface area contributed by atoms with Gasteiger partial charge < -0.3 is 30.5 Å². The molecule has 1 amide bonds. The van der Waals surface area contributed by atoms with E-state index < -0.39 is 36.4 Å². The molecule has 1 aliphatic heterocycles. The predicted molar refractivity (Wildman–Crippen MR) is 111 cm³/mol. The minimum absolute atomic E-state index is 0.0420. The molecule has 30 heavy (non-hydrogen) atoms. The molecular formula is C22H26ClNO6. The topological polar surface area (TPSA) is 122 Å². The largest absolute Gasteiger partial charge is 0.494 e. The number of nitrogens with two attached hydrogens (primary N) is 1. The normalized spacial score (nSPS) is 26.4. The van der Waals surface area contributed by atoms with Crippen molar-refractivity contribution in [2.75, 3.05) is 13.2 Å². The second kappa shape index (κ2) is 9.32. The van der Waals surface area contributed by atoms with Gasteiger partial charge in [-0.3, -0.25) is 4.79 Å². The highest BCUT2D eigenvalue weighted by molar-refractivity contribution is 6.31. The van der Waals surface area contributed by atoms with Crippen molar-refractivity contribution in [1.82, 2.24) is 0 Å². The number of amides is 1. The Morgan fingerprint density at radius 2 is 1.97 bits per heavy atom. The Hall–Kier alpha value is -2.16. The van der Waals surface area contributed by atoms with Crippen LogP contribution in [0.3, 0.4) is 0 Å². The Bertz CT molecular complexity index is 890. The number of hydrogen-bond acceptors (Lipinski definition) is 6. The lowest BCUT2D eigenvalue weighted by molar-refractivity contribution is -0.235. The first-order chi connectivity index (χ1) is 14.3. The highest BCUT2D eigenvalue weighted by Crippen LogP contribution is 2.38. The minimum Gasteiger partial charge on any atom is -0.494 e.